The minimum atomic E-state index is -1.02. The van der Waals surface area contributed by atoms with E-state index >= 15 is 0 Å². The van der Waals surface area contributed by atoms with Gasteiger partial charge in [-0.05, 0) is 59.3 Å². The van der Waals surface area contributed by atoms with Crippen molar-refractivity contribution in [3.8, 4) is 0 Å². The second-order valence-corrected chi connectivity index (χ2v) is 13.1. The number of carbonyl (C=O) groups is 5. The van der Waals surface area contributed by atoms with Crippen LogP contribution in [0.25, 0.3) is 0 Å². The molecule has 1 saturated carbocycles. The Bertz CT molecular complexity index is 1190. The van der Waals surface area contributed by atoms with Crippen LogP contribution >= 0.6 is 0 Å². The standard InChI is InChI=1S/C31H50N6O7/c1-9-18(2)24(36-29(42)44-30(3,4)5)26(39)35-25(19-13-11-10-12-14-19)27(40)37-31(6,7)15-22(38)34-21-17-33-16-20(23(21)32)28(41)43-8/h16-19,24-25H,9-15H2,1-8H3,(H2,32,33)(H,34,38)(H,35,39)(H,36,42)(H,37,40)/t18?,24-,25-/m0/s1. The molecule has 2 rings (SSSR count). The van der Waals surface area contributed by atoms with Gasteiger partial charge < -0.3 is 36.5 Å². The lowest BCUT2D eigenvalue weighted by Gasteiger charge is -2.35. The lowest BCUT2D eigenvalue weighted by molar-refractivity contribution is -0.133. The highest BCUT2D eigenvalue weighted by molar-refractivity contribution is 6.02. The zero-order valence-corrected chi connectivity index (χ0v) is 27.3. The number of nitrogens with two attached hydrogens (primary N) is 1. The SMILES string of the molecule is CCC(C)[C@H](NC(=O)OC(C)(C)C)C(=O)N[C@H](C(=O)NC(C)(C)CC(=O)Nc1cncc(C(=O)OC)c1N)C1CCCCC1. The van der Waals surface area contributed by atoms with Crippen LogP contribution in [0.4, 0.5) is 16.2 Å². The van der Waals surface area contributed by atoms with Gasteiger partial charge in [-0.1, -0.05) is 39.5 Å². The molecule has 13 nitrogen and oxygen atoms in total. The predicted octanol–water partition coefficient (Wildman–Crippen LogP) is 3.68. The summed E-state index contributed by atoms with van der Waals surface area (Å²) in [4.78, 5) is 68.8. The number of nitrogens with one attached hydrogen (secondary N) is 4. The molecule has 4 amide bonds. The number of rotatable bonds is 12. The van der Waals surface area contributed by atoms with Crippen LogP contribution in [0.15, 0.2) is 12.4 Å². The molecular formula is C31H50N6O7. The highest BCUT2D eigenvalue weighted by Gasteiger charge is 2.37. The number of pyridine rings is 1. The first-order valence-electron chi connectivity index (χ1n) is 15.2. The molecule has 1 aromatic rings. The van der Waals surface area contributed by atoms with Crippen molar-refractivity contribution in [1.29, 1.82) is 0 Å². The third-order valence-corrected chi connectivity index (χ3v) is 7.60. The maximum absolute atomic E-state index is 13.8. The van der Waals surface area contributed by atoms with Crippen LogP contribution in [0.1, 0.15) is 104 Å². The molecule has 0 aromatic carbocycles. The summed E-state index contributed by atoms with van der Waals surface area (Å²) >= 11 is 0. The number of anilines is 2. The van der Waals surface area contributed by atoms with Crippen LogP contribution < -0.4 is 27.0 Å². The number of esters is 1. The molecule has 0 radical (unpaired) electrons. The molecule has 1 unspecified atom stereocenters. The fourth-order valence-corrected chi connectivity index (χ4v) is 5.14. The molecule has 13 heteroatoms. The number of ether oxygens (including phenoxy) is 2. The summed E-state index contributed by atoms with van der Waals surface area (Å²) in [5, 5.41) is 11.2. The van der Waals surface area contributed by atoms with Gasteiger partial charge in [0.25, 0.3) is 0 Å². The summed E-state index contributed by atoms with van der Waals surface area (Å²) in [5.41, 5.74) is 4.44. The fraction of sp³-hybridized carbons (Fsp3) is 0.677. The summed E-state index contributed by atoms with van der Waals surface area (Å²) in [6.07, 6.45) is 6.76. The molecular weight excluding hydrogens is 568 g/mol. The van der Waals surface area contributed by atoms with E-state index in [0.29, 0.717) is 6.42 Å². The van der Waals surface area contributed by atoms with E-state index in [-0.39, 0.29) is 35.2 Å². The van der Waals surface area contributed by atoms with E-state index in [1.54, 1.807) is 34.6 Å². The van der Waals surface area contributed by atoms with Crippen LogP contribution in [0.2, 0.25) is 0 Å². The first-order chi connectivity index (χ1) is 20.5. The van der Waals surface area contributed by atoms with Crippen molar-refractivity contribution in [3.63, 3.8) is 0 Å². The quantitative estimate of drug-likeness (QED) is 0.217. The van der Waals surface area contributed by atoms with E-state index < -0.39 is 53.0 Å². The van der Waals surface area contributed by atoms with Gasteiger partial charge in [-0.2, -0.15) is 0 Å². The van der Waals surface area contributed by atoms with Crippen LogP contribution in [0, 0.1) is 11.8 Å². The Morgan fingerprint density at radius 3 is 2.20 bits per heavy atom. The number of alkyl carbamates (subject to hydrolysis) is 1. The molecule has 1 aliphatic rings. The second-order valence-electron chi connectivity index (χ2n) is 13.1. The fourth-order valence-electron chi connectivity index (χ4n) is 5.14. The summed E-state index contributed by atoms with van der Waals surface area (Å²) in [6.45, 7) is 12.4. The first-order valence-corrected chi connectivity index (χ1v) is 15.2. The van der Waals surface area contributed by atoms with Crippen molar-refractivity contribution in [2.75, 3.05) is 18.2 Å². The van der Waals surface area contributed by atoms with Gasteiger partial charge in [0.15, 0.2) is 0 Å². The topological polar surface area (TPSA) is 191 Å². The van der Waals surface area contributed by atoms with E-state index in [1.165, 1.54) is 19.5 Å². The largest absolute Gasteiger partial charge is 0.465 e. The first kappa shape index (κ1) is 36.3. The molecule has 0 spiro atoms. The number of amides is 4. The van der Waals surface area contributed by atoms with Gasteiger partial charge in [-0.25, -0.2) is 9.59 Å². The predicted molar refractivity (Wildman–Crippen MR) is 167 cm³/mol. The van der Waals surface area contributed by atoms with Crippen LogP contribution in [0.5, 0.6) is 0 Å². The Labute approximate surface area is 260 Å². The maximum atomic E-state index is 13.8. The third kappa shape index (κ3) is 11.0. The zero-order chi connectivity index (χ0) is 33.2. The Hall–Kier alpha value is -3.90. The van der Waals surface area contributed by atoms with E-state index in [2.05, 4.69) is 26.3 Å². The molecule has 44 heavy (non-hydrogen) atoms. The van der Waals surface area contributed by atoms with Gasteiger partial charge in [-0.3, -0.25) is 19.4 Å². The van der Waals surface area contributed by atoms with E-state index in [9.17, 15) is 24.0 Å². The average Bonchev–Trinajstić information content (AvgIpc) is 2.93. The Morgan fingerprint density at radius 2 is 1.64 bits per heavy atom. The van der Waals surface area contributed by atoms with Gasteiger partial charge in [-0.15, -0.1) is 0 Å². The smallest absolute Gasteiger partial charge is 0.408 e. The van der Waals surface area contributed by atoms with Gasteiger partial charge in [0.2, 0.25) is 17.7 Å². The number of methoxy groups -OCH3 is 1. The van der Waals surface area contributed by atoms with E-state index in [1.807, 2.05) is 13.8 Å². The number of aromatic nitrogens is 1. The molecule has 246 valence electrons. The maximum Gasteiger partial charge on any atom is 0.408 e. The highest BCUT2D eigenvalue weighted by atomic mass is 16.6. The Morgan fingerprint density at radius 1 is 1.00 bits per heavy atom. The summed E-state index contributed by atoms with van der Waals surface area (Å²) in [7, 11) is 1.21. The van der Waals surface area contributed by atoms with E-state index in [0.717, 1.165) is 32.1 Å². The van der Waals surface area contributed by atoms with Crippen LogP contribution in [0.3, 0.4) is 0 Å². The van der Waals surface area contributed by atoms with Crippen molar-refractivity contribution in [2.24, 2.45) is 11.8 Å². The lowest BCUT2D eigenvalue weighted by atomic mass is 9.82. The number of nitrogen functional groups attached to an aromatic ring is 1. The Balaban J connectivity index is 2.19. The molecule has 0 bridgehead atoms. The van der Waals surface area contributed by atoms with Crippen molar-refractivity contribution >= 4 is 41.2 Å². The summed E-state index contributed by atoms with van der Waals surface area (Å²) < 4.78 is 10.1. The van der Waals surface area contributed by atoms with Crippen molar-refractivity contribution in [3.05, 3.63) is 18.0 Å². The summed E-state index contributed by atoms with van der Waals surface area (Å²) in [6, 6.07) is -1.78. The van der Waals surface area contributed by atoms with Crippen LogP contribution in [-0.4, -0.2) is 65.1 Å². The third-order valence-electron chi connectivity index (χ3n) is 7.60. The lowest BCUT2D eigenvalue weighted by Crippen LogP contribution is -2.60. The Kier molecular flexibility index (Phi) is 13.0. The molecule has 1 aliphatic carbocycles. The van der Waals surface area contributed by atoms with E-state index in [4.69, 9.17) is 15.2 Å². The summed E-state index contributed by atoms with van der Waals surface area (Å²) in [5.74, 6) is -2.38. The zero-order valence-electron chi connectivity index (χ0n) is 27.3. The molecule has 1 aromatic heterocycles. The number of hydrogen-bond donors (Lipinski definition) is 5. The molecule has 1 heterocycles. The highest BCUT2D eigenvalue weighted by Crippen LogP contribution is 2.28. The molecule has 0 saturated heterocycles. The molecule has 3 atom stereocenters. The molecule has 0 aliphatic heterocycles. The normalized spacial score (nSPS) is 16.1. The van der Waals surface area contributed by atoms with Gasteiger partial charge in [0, 0.05) is 18.2 Å². The molecule has 6 N–H and O–H groups in total. The minimum absolute atomic E-state index is 0.0120. The van der Waals surface area contributed by atoms with Crippen LogP contribution in [-0.2, 0) is 23.9 Å². The van der Waals surface area contributed by atoms with Gasteiger partial charge in [0.1, 0.15) is 23.2 Å². The van der Waals surface area contributed by atoms with Gasteiger partial charge >= 0.3 is 12.1 Å². The number of carbonyl (C=O) groups excluding carboxylic acids is 5. The number of hydrogen-bond acceptors (Lipinski definition) is 9. The average molecular weight is 619 g/mol. The van der Waals surface area contributed by atoms with Crippen molar-refractivity contribution < 1.29 is 33.4 Å². The monoisotopic (exact) mass is 618 g/mol. The number of nitrogens with zero attached hydrogens (tertiary/aromatic N) is 1. The van der Waals surface area contributed by atoms with Gasteiger partial charge in [0.05, 0.1) is 24.7 Å². The second kappa shape index (κ2) is 15.7. The minimum Gasteiger partial charge on any atom is -0.465 e. The van der Waals surface area contributed by atoms with Crippen molar-refractivity contribution in [1.82, 2.24) is 20.9 Å². The molecule has 1 fully saturated rings. The van der Waals surface area contributed by atoms with Crippen molar-refractivity contribution in [2.45, 2.75) is 117 Å².